The third-order valence-corrected chi connectivity index (χ3v) is 20.1. The Bertz CT molecular complexity index is 5060. The van der Waals surface area contributed by atoms with Crippen molar-refractivity contribution in [1.82, 2.24) is 0 Å². The highest BCUT2D eigenvalue weighted by Crippen LogP contribution is 2.61. The number of hydrogen-bond acceptors (Lipinski definition) is 5. The summed E-state index contributed by atoms with van der Waals surface area (Å²) >= 11 is 0. The summed E-state index contributed by atoms with van der Waals surface area (Å²) in [7, 11) is -1.76. The van der Waals surface area contributed by atoms with Crippen molar-refractivity contribution in [2.45, 2.75) is 64.1 Å². The van der Waals surface area contributed by atoms with E-state index in [0.717, 1.165) is 124 Å². The predicted octanol–water partition coefficient (Wildman–Crippen LogP) is 21.6. The van der Waals surface area contributed by atoms with E-state index in [2.05, 4.69) is 293 Å². The predicted molar refractivity (Wildman–Crippen MR) is 354 cm³/mol. The van der Waals surface area contributed by atoms with Crippen molar-refractivity contribution >= 4 is 118 Å². The Kier molecular flexibility index (Phi) is 11.2. The van der Waals surface area contributed by atoms with E-state index >= 15 is 0 Å². The van der Waals surface area contributed by atoms with Crippen LogP contribution in [0.4, 0.5) is 28.4 Å². The molecule has 0 saturated carbocycles. The fourth-order valence-electron chi connectivity index (χ4n) is 14.0. The third-order valence-electron chi connectivity index (χ3n) is 18.1. The molecule has 2 aliphatic carbocycles. The van der Waals surface area contributed by atoms with Gasteiger partial charge in [0.05, 0.1) is 30.6 Å². The standard InChI is InChI=1S/C78H62N2O3Si/c1-77(2,3)50-37-43-72-63(45-50)64-46-51(38-44-73(64)81-72)78(49-35-40-55(41-36-49)84(4,5)6)65-47-54(79(52-21-9-7-10-22-52)67-31-19-29-60-57-26-15-17-33-70(57)82-75(60)67)39-42-62(65)74-59-28-14-13-25-56(59)69(48-66(74)78)80(53-23-11-8-12-24-53)68-32-20-30-61-58-27-16-18-34-71(58)83-76(61)68/h8-9,11-48H,7,10H2,1-6H3. The van der Waals surface area contributed by atoms with Crippen molar-refractivity contribution in [2.24, 2.45) is 0 Å². The lowest BCUT2D eigenvalue weighted by molar-refractivity contribution is 0.590. The topological polar surface area (TPSA) is 45.9 Å². The van der Waals surface area contributed by atoms with Gasteiger partial charge in [0.1, 0.15) is 22.3 Å². The van der Waals surface area contributed by atoms with E-state index in [1.807, 2.05) is 0 Å². The first-order valence-electron chi connectivity index (χ1n) is 29.5. The quantitative estimate of drug-likeness (QED) is 0.135. The maximum absolute atomic E-state index is 6.98. The van der Waals surface area contributed by atoms with Crippen LogP contribution < -0.4 is 15.0 Å². The Hall–Kier alpha value is -9.62. The molecule has 0 amide bonds. The minimum Gasteiger partial charge on any atom is -0.456 e. The van der Waals surface area contributed by atoms with Crippen molar-refractivity contribution in [3.63, 3.8) is 0 Å². The first kappa shape index (κ1) is 50.1. The largest absolute Gasteiger partial charge is 0.456 e. The summed E-state index contributed by atoms with van der Waals surface area (Å²) in [5, 5.41) is 10.3. The van der Waals surface area contributed by atoms with E-state index < -0.39 is 13.5 Å². The smallest absolute Gasteiger partial charge is 0.159 e. The lowest BCUT2D eigenvalue weighted by atomic mass is 9.67. The summed E-state index contributed by atoms with van der Waals surface area (Å²) in [6, 6.07) is 83.2. The number of hydrogen-bond donors (Lipinski definition) is 0. The van der Waals surface area contributed by atoms with Gasteiger partial charge in [0.25, 0.3) is 0 Å². The van der Waals surface area contributed by atoms with Crippen LogP contribution in [-0.2, 0) is 10.8 Å². The van der Waals surface area contributed by atoms with Gasteiger partial charge in [-0.15, -0.1) is 0 Å². The third kappa shape index (κ3) is 7.59. The summed E-state index contributed by atoms with van der Waals surface area (Å²) in [6.07, 6.45) is 8.91. The minimum atomic E-state index is -1.76. The van der Waals surface area contributed by atoms with Gasteiger partial charge in [-0.2, -0.15) is 0 Å². The molecule has 3 heterocycles. The molecule has 0 bridgehead atoms. The molecule has 0 radical (unpaired) electrons. The molecule has 2 aliphatic rings. The average molecular weight is 1100 g/mol. The maximum Gasteiger partial charge on any atom is 0.159 e. The van der Waals surface area contributed by atoms with Crippen molar-refractivity contribution in [3.05, 3.63) is 276 Å². The van der Waals surface area contributed by atoms with Crippen molar-refractivity contribution in [3.8, 4) is 11.1 Å². The molecule has 406 valence electrons. The molecule has 14 aromatic rings. The molecule has 0 saturated heterocycles. The number of rotatable bonds is 9. The number of fused-ring (bicyclic) bond motifs is 14. The molecule has 0 aliphatic heterocycles. The van der Waals surface area contributed by atoms with Crippen molar-refractivity contribution in [1.29, 1.82) is 0 Å². The van der Waals surface area contributed by atoms with Gasteiger partial charge in [-0.1, -0.05) is 203 Å². The molecule has 1 atom stereocenters. The van der Waals surface area contributed by atoms with Crippen LogP contribution in [0.25, 0.3) is 87.7 Å². The number of nitrogens with zero attached hydrogens (tertiary/aromatic N) is 2. The highest BCUT2D eigenvalue weighted by molar-refractivity contribution is 6.88. The zero-order valence-corrected chi connectivity index (χ0v) is 49.1. The maximum atomic E-state index is 6.98. The van der Waals surface area contributed by atoms with Gasteiger partial charge in [0.15, 0.2) is 11.2 Å². The molecule has 84 heavy (non-hydrogen) atoms. The summed E-state index contributed by atoms with van der Waals surface area (Å²) < 4.78 is 20.7. The van der Waals surface area contributed by atoms with Gasteiger partial charge in [0.2, 0.25) is 0 Å². The Morgan fingerprint density at radius 3 is 1.65 bits per heavy atom. The second-order valence-electron chi connectivity index (χ2n) is 25.1. The summed E-state index contributed by atoms with van der Waals surface area (Å²) in [6.45, 7) is 14.2. The van der Waals surface area contributed by atoms with Gasteiger partial charge >= 0.3 is 0 Å². The Morgan fingerprint density at radius 1 is 0.417 bits per heavy atom. The fourth-order valence-corrected chi connectivity index (χ4v) is 15.1. The van der Waals surface area contributed by atoms with E-state index in [0.29, 0.717) is 0 Å². The van der Waals surface area contributed by atoms with E-state index in [9.17, 15) is 0 Å². The molecular weight excluding hydrogens is 1040 g/mol. The highest BCUT2D eigenvalue weighted by Gasteiger charge is 2.49. The van der Waals surface area contributed by atoms with E-state index in [-0.39, 0.29) is 5.41 Å². The van der Waals surface area contributed by atoms with Gasteiger partial charge in [-0.05, 0) is 148 Å². The Balaban J connectivity index is 1.05. The number of benzene rings is 11. The van der Waals surface area contributed by atoms with E-state index in [4.69, 9.17) is 13.3 Å². The number of allylic oxidation sites excluding steroid dienone is 3. The molecule has 1 unspecified atom stereocenters. The summed E-state index contributed by atoms with van der Waals surface area (Å²) in [5.41, 5.74) is 18.9. The lowest BCUT2D eigenvalue weighted by Crippen LogP contribution is -2.38. The van der Waals surface area contributed by atoms with Crippen LogP contribution in [0, 0.1) is 0 Å². The SMILES string of the molecule is CC(C)(C)c1ccc2oc3ccc(C4(c5ccc([Si](C)(C)C)cc5)c5cc(N(C6=CCCC=C6)c6cccc7c6oc6ccccc67)ccc5-c5c4cc(N(c4ccccc4)c4cccc6c4oc4ccccc46)c4ccccc54)cc3c2c1. The monoisotopic (exact) mass is 1100 g/mol. The van der Waals surface area contributed by atoms with Crippen LogP contribution >= 0.6 is 0 Å². The number of para-hydroxylation sites is 5. The van der Waals surface area contributed by atoms with Gasteiger partial charge in [0, 0.05) is 54.8 Å². The van der Waals surface area contributed by atoms with Gasteiger partial charge < -0.3 is 23.1 Å². The van der Waals surface area contributed by atoms with Gasteiger partial charge in [-0.25, -0.2) is 0 Å². The normalized spacial score (nSPS) is 15.2. The first-order chi connectivity index (χ1) is 40.9. The lowest BCUT2D eigenvalue weighted by Gasteiger charge is -2.36. The van der Waals surface area contributed by atoms with Crippen LogP contribution in [0.15, 0.2) is 262 Å². The molecule has 3 aromatic heterocycles. The second kappa shape index (κ2) is 18.7. The van der Waals surface area contributed by atoms with Crippen LogP contribution in [0.2, 0.25) is 19.6 Å². The molecular formula is C78H62N2O3Si. The molecule has 5 nitrogen and oxygen atoms in total. The fraction of sp³-hybridized carbons (Fsp3) is 0.128. The molecule has 6 heteroatoms. The molecule has 0 fully saturated rings. The molecule has 0 N–H and O–H groups in total. The van der Waals surface area contributed by atoms with E-state index in [1.54, 1.807) is 0 Å². The zero-order valence-electron chi connectivity index (χ0n) is 48.1. The number of furan rings is 3. The van der Waals surface area contributed by atoms with Crippen LogP contribution in [0.3, 0.4) is 0 Å². The second-order valence-corrected chi connectivity index (χ2v) is 30.1. The zero-order chi connectivity index (χ0) is 56.6. The Morgan fingerprint density at radius 2 is 1.00 bits per heavy atom. The van der Waals surface area contributed by atoms with Crippen LogP contribution in [0.1, 0.15) is 61.4 Å². The van der Waals surface area contributed by atoms with Crippen molar-refractivity contribution < 1.29 is 13.3 Å². The van der Waals surface area contributed by atoms with Crippen molar-refractivity contribution in [2.75, 3.05) is 9.80 Å². The molecule has 0 spiro atoms. The summed E-state index contributed by atoms with van der Waals surface area (Å²) in [4.78, 5) is 4.89. The molecule has 16 rings (SSSR count). The molecule has 11 aromatic carbocycles. The van der Waals surface area contributed by atoms with Crippen LogP contribution in [0.5, 0.6) is 0 Å². The summed E-state index contributed by atoms with van der Waals surface area (Å²) in [5.74, 6) is 0. The average Bonchev–Trinajstić information content (AvgIpc) is 1.56. The first-order valence-corrected chi connectivity index (χ1v) is 33.0. The van der Waals surface area contributed by atoms with Gasteiger partial charge in [-0.3, -0.25) is 0 Å². The highest BCUT2D eigenvalue weighted by atomic mass is 28.3. The Labute approximate surface area is 490 Å². The van der Waals surface area contributed by atoms with E-state index in [1.165, 1.54) is 44.0 Å². The number of anilines is 5. The minimum absolute atomic E-state index is 0.0647. The van der Waals surface area contributed by atoms with Crippen LogP contribution in [-0.4, -0.2) is 8.07 Å².